The highest BCUT2D eigenvalue weighted by atomic mass is 19.4. The van der Waals surface area contributed by atoms with Crippen LogP contribution in [0.5, 0.6) is 11.5 Å². The first kappa shape index (κ1) is 27.7. The van der Waals surface area contributed by atoms with E-state index >= 15 is 0 Å². The number of ether oxygens (including phenoxy) is 2. The fourth-order valence-electron chi connectivity index (χ4n) is 3.76. The molecule has 9 heteroatoms. The lowest BCUT2D eigenvalue weighted by atomic mass is 9.97. The van der Waals surface area contributed by atoms with E-state index in [0.717, 1.165) is 35.6 Å². The van der Waals surface area contributed by atoms with E-state index in [2.05, 4.69) is 5.32 Å². The largest absolute Gasteiger partial charge is 0.497 e. The molecule has 0 saturated carbocycles. The van der Waals surface area contributed by atoms with E-state index in [9.17, 15) is 22.4 Å². The molecular formula is C28H27F4NO4. The highest BCUT2D eigenvalue weighted by molar-refractivity contribution is 5.90. The Labute approximate surface area is 212 Å². The molecule has 0 spiro atoms. The number of rotatable bonds is 10. The van der Waals surface area contributed by atoms with Gasteiger partial charge in [-0.15, -0.1) is 0 Å². The van der Waals surface area contributed by atoms with Gasteiger partial charge in [-0.05, 0) is 78.6 Å². The second kappa shape index (κ2) is 11.9. The molecule has 0 bridgehead atoms. The zero-order valence-corrected chi connectivity index (χ0v) is 20.5. The molecule has 3 aromatic carbocycles. The minimum absolute atomic E-state index is 0.00401. The summed E-state index contributed by atoms with van der Waals surface area (Å²) in [6, 6.07) is 14.5. The quantitative estimate of drug-likeness (QED) is 0.177. The van der Waals surface area contributed by atoms with Crippen molar-refractivity contribution in [2.24, 2.45) is 0 Å². The van der Waals surface area contributed by atoms with Crippen LogP contribution in [0.25, 0.3) is 16.7 Å². The van der Waals surface area contributed by atoms with Crippen LogP contribution in [0.2, 0.25) is 0 Å². The highest BCUT2D eigenvalue weighted by Crippen LogP contribution is 2.36. The maximum atomic E-state index is 14.3. The van der Waals surface area contributed by atoms with Crippen LogP contribution < -0.4 is 14.8 Å². The molecule has 37 heavy (non-hydrogen) atoms. The number of alkyl halides is 3. The molecular weight excluding hydrogens is 490 g/mol. The van der Waals surface area contributed by atoms with Gasteiger partial charge in [-0.3, -0.25) is 0 Å². The van der Waals surface area contributed by atoms with Crippen LogP contribution in [0.1, 0.15) is 36.6 Å². The van der Waals surface area contributed by atoms with E-state index in [4.69, 9.17) is 14.6 Å². The van der Waals surface area contributed by atoms with Crippen molar-refractivity contribution in [1.82, 2.24) is 5.32 Å². The summed E-state index contributed by atoms with van der Waals surface area (Å²) < 4.78 is 66.0. The molecule has 0 aliphatic carbocycles. The summed E-state index contributed by atoms with van der Waals surface area (Å²) in [5, 5.41) is 12.2. The van der Waals surface area contributed by atoms with Gasteiger partial charge in [-0.1, -0.05) is 18.2 Å². The zero-order chi connectivity index (χ0) is 27.2. The van der Waals surface area contributed by atoms with E-state index in [1.165, 1.54) is 25.1 Å². The molecule has 0 aliphatic heterocycles. The first-order valence-corrected chi connectivity index (χ1v) is 11.4. The summed E-state index contributed by atoms with van der Waals surface area (Å²) >= 11 is 0. The Balaban J connectivity index is 1.80. The molecule has 3 aromatic rings. The van der Waals surface area contributed by atoms with Crippen LogP contribution in [0.4, 0.5) is 17.6 Å². The first-order valence-electron chi connectivity index (χ1n) is 11.4. The van der Waals surface area contributed by atoms with Gasteiger partial charge >= 0.3 is 12.1 Å². The van der Waals surface area contributed by atoms with E-state index in [1.54, 1.807) is 7.11 Å². The third kappa shape index (κ3) is 7.57. The summed E-state index contributed by atoms with van der Waals surface area (Å²) in [7, 11) is 1.58. The molecule has 0 saturated heterocycles. The summed E-state index contributed by atoms with van der Waals surface area (Å²) in [6.07, 6.45) is -3.79. The van der Waals surface area contributed by atoms with Crippen LogP contribution in [0.15, 0.2) is 66.7 Å². The number of nitrogens with one attached hydrogen (secondary N) is 1. The number of aliphatic carboxylic acids is 1. The van der Waals surface area contributed by atoms with Crippen LogP contribution in [-0.2, 0) is 11.0 Å². The summed E-state index contributed by atoms with van der Waals surface area (Å²) in [4.78, 5) is 11.0. The van der Waals surface area contributed by atoms with Gasteiger partial charge in [0.05, 0.1) is 12.7 Å². The van der Waals surface area contributed by atoms with Gasteiger partial charge in [0, 0.05) is 24.2 Å². The molecule has 0 unspecified atom stereocenters. The number of hydrogen-bond donors (Lipinski definition) is 2. The molecule has 0 radical (unpaired) electrons. The molecule has 0 aliphatic rings. The van der Waals surface area contributed by atoms with Crippen LogP contribution >= 0.6 is 0 Å². The molecule has 0 fully saturated rings. The fraction of sp³-hybridized carbons (Fsp3) is 0.250. The molecule has 196 valence electrons. The van der Waals surface area contributed by atoms with Gasteiger partial charge < -0.3 is 19.9 Å². The highest BCUT2D eigenvalue weighted by Gasteiger charge is 2.31. The van der Waals surface area contributed by atoms with Crippen LogP contribution in [0, 0.1) is 5.82 Å². The number of benzene rings is 3. The van der Waals surface area contributed by atoms with Gasteiger partial charge in [0.25, 0.3) is 0 Å². The lowest BCUT2D eigenvalue weighted by molar-refractivity contribution is -0.137. The van der Waals surface area contributed by atoms with Crippen LogP contribution in [0.3, 0.4) is 0 Å². The number of allylic oxidation sites excluding steroid dienone is 1. The van der Waals surface area contributed by atoms with Crippen molar-refractivity contribution >= 4 is 11.5 Å². The van der Waals surface area contributed by atoms with Crippen molar-refractivity contribution in [3.8, 4) is 22.6 Å². The van der Waals surface area contributed by atoms with Crippen molar-refractivity contribution in [2.45, 2.75) is 26.1 Å². The van der Waals surface area contributed by atoms with E-state index in [0.29, 0.717) is 6.54 Å². The molecule has 2 N–H and O–H groups in total. The molecule has 1 atom stereocenters. The Morgan fingerprint density at radius 1 is 1.05 bits per heavy atom. The normalized spacial score (nSPS) is 12.8. The fourth-order valence-corrected chi connectivity index (χ4v) is 3.76. The molecule has 5 nitrogen and oxygen atoms in total. The predicted octanol–water partition coefficient (Wildman–Crippen LogP) is 6.74. The van der Waals surface area contributed by atoms with E-state index in [-0.39, 0.29) is 40.7 Å². The summed E-state index contributed by atoms with van der Waals surface area (Å²) in [5.74, 6) is -1.22. The maximum Gasteiger partial charge on any atom is 0.416 e. The second-order valence-electron chi connectivity index (χ2n) is 8.40. The Hall–Kier alpha value is -3.85. The third-order valence-electron chi connectivity index (χ3n) is 5.71. The van der Waals surface area contributed by atoms with Gasteiger partial charge in [0.15, 0.2) is 0 Å². The van der Waals surface area contributed by atoms with Crippen molar-refractivity contribution in [2.75, 3.05) is 20.3 Å². The average Bonchev–Trinajstić information content (AvgIpc) is 2.85. The average molecular weight is 518 g/mol. The number of hydrogen-bond acceptors (Lipinski definition) is 4. The predicted molar refractivity (Wildman–Crippen MR) is 133 cm³/mol. The van der Waals surface area contributed by atoms with Gasteiger partial charge in [0.1, 0.15) is 23.9 Å². The Kier molecular flexibility index (Phi) is 8.94. The van der Waals surface area contributed by atoms with Gasteiger partial charge in [0.2, 0.25) is 0 Å². The minimum atomic E-state index is -4.63. The molecule has 0 aromatic heterocycles. The third-order valence-corrected chi connectivity index (χ3v) is 5.71. The number of carbonyl (C=O) groups is 1. The van der Waals surface area contributed by atoms with E-state index < -0.39 is 23.5 Å². The smallest absolute Gasteiger partial charge is 0.416 e. The maximum absolute atomic E-state index is 14.3. The summed E-state index contributed by atoms with van der Waals surface area (Å²) in [6.45, 7) is 3.83. The van der Waals surface area contributed by atoms with Gasteiger partial charge in [-0.25, -0.2) is 9.18 Å². The van der Waals surface area contributed by atoms with Crippen molar-refractivity contribution in [1.29, 1.82) is 0 Å². The van der Waals surface area contributed by atoms with Crippen molar-refractivity contribution in [3.63, 3.8) is 0 Å². The van der Waals surface area contributed by atoms with Gasteiger partial charge in [-0.2, -0.15) is 13.2 Å². The monoisotopic (exact) mass is 517 g/mol. The first-order chi connectivity index (χ1) is 17.5. The zero-order valence-electron chi connectivity index (χ0n) is 20.5. The Morgan fingerprint density at radius 3 is 2.49 bits per heavy atom. The summed E-state index contributed by atoms with van der Waals surface area (Å²) in [5.41, 5.74) is 0.630. The molecule has 0 heterocycles. The second-order valence-corrected chi connectivity index (χ2v) is 8.40. The lowest BCUT2D eigenvalue weighted by Crippen LogP contribution is -2.24. The Bertz CT molecular complexity index is 1290. The number of carboxylic acid groups (broad SMARTS) is 1. The molecule has 3 rings (SSSR count). The standard InChI is InChI=1S/C28H27F4NO4/c1-17(11-27(34)35)25-15-20(7-8-26(25)29)21-12-22(28(30,31)32)16-24(14-21)37-10-9-33-18(2)19-5-4-6-23(13-19)36-3/h4-8,11-16,18,33H,9-10H2,1-3H3,(H,34,35)/b17-11+/t18-/m1/s1. The van der Waals surface area contributed by atoms with Crippen LogP contribution in [-0.4, -0.2) is 31.3 Å². The lowest BCUT2D eigenvalue weighted by Gasteiger charge is -2.17. The Morgan fingerprint density at radius 2 is 1.81 bits per heavy atom. The minimum Gasteiger partial charge on any atom is -0.497 e. The SMILES string of the molecule is COc1cccc([C@@H](C)NCCOc2cc(-c3ccc(F)c(/C(C)=C/C(=O)O)c3)cc(C(F)(F)F)c2)c1. The topological polar surface area (TPSA) is 67.8 Å². The van der Waals surface area contributed by atoms with Crippen molar-refractivity contribution < 1.29 is 36.9 Å². The number of halogens is 4. The van der Waals surface area contributed by atoms with E-state index in [1.807, 2.05) is 31.2 Å². The molecule has 0 amide bonds. The van der Waals surface area contributed by atoms with Crippen molar-refractivity contribution in [3.05, 3.63) is 89.2 Å². The number of carboxylic acids is 1. The number of methoxy groups -OCH3 is 1.